The number of amides is 2. The minimum Gasteiger partial charge on any atom is -0.353 e. The summed E-state index contributed by atoms with van der Waals surface area (Å²) >= 11 is 0. The molecule has 0 spiro atoms. The van der Waals surface area contributed by atoms with Gasteiger partial charge in [0.15, 0.2) is 5.78 Å². The minimum absolute atomic E-state index is 0.0298. The predicted octanol–water partition coefficient (Wildman–Crippen LogP) is 7.32. The molecule has 4 fully saturated rings. The van der Waals surface area contributed by atoms with Gasteiger partial charge in [-0.2, -0.15) is 0 Å². The molecule has 0 bridgehead atoms. The fraction of sp³-hybridized carbons (Fsp3) is 0.861. The van der Waals surface area contributed by atoms with Gasteiger partial charge in [-0.05, 0) is 124 Å². The van der Waals surface area contributed by atoms with Gasteiger partial charge < -0.3 is 5.32 Å². The average Bonchev–Trinajstić information content (AvgIpc) is 2.86. The van der Waals surface area contributed by atoms with E-state index >= 15 is 0 Å². The third kappa shape index (κ3) is 4.55. The summed E-state index contributed by atoms with van der Waals surface area (Å²) in [6, 6.07) is 0.140. The van der Waals surface area contributed by atoms with Crippen molar-refractivity contribution >= 4 is 17.6 Å². The van der Waals surface area contributed by atoms with Crippen molar-refractivity contribution < 1.29 is 19.2 Å². The normalized spacial score (nSPS) is 46.3. The molecule has 0 aromatic rings. The Morgan fingerprint density at radius 3 is 2.17 bits per heavy atom. The highest BCUT2D eigenvalue weighted by Crippen LogP contribution is 2.75. The molecule has 0 radical (unpaired) electrons. The van der Waals surface area contributed by atoms with Crippen molar-refractivity contribution in [2.45, 2.75) is 146 Å². The Balaban J connectivity index is 1.51. The first-order chi connectivity index (χ1) is 19.1. The van der Waals surface area contributed by atoms with Crippen LogP contribution in [0.15, 0.2) is 11.6 Å². The van der Waals surface area contributed by atoms with E-state index in [0.29, 0.717) is 11.7 Å². The van der Waals surface area contributed by atoms with Gasteiger partial charge in [-0.25, -0.2) is 5.48 Å². The number of hydrogen-bond acceptors (Lipinski definition) is 4. The first kappa shape index (κ1) is 31.7. The van der Waals surface area contributed by atoms with E-state index in [-0.39, 0.29) is 56.8 Å². The van der Waals surface area contributed by atoms with Crippen molar-refractivity contribution in [1.82, 2.24) is 10.8 Å². The highest BCUT2D eigenvalue weighted by molar-refractivity contribution is 5.95. The lowest BCUT2D eigenvalue weighted by Crippen LogP contribution is -2.67. The number of ketones is 1. The second-order valence-corrected chi connectivity index (χ2v) is 18.0. The van der Waals surface area contributed by atoms with Crippen LogP contribution in [0.1, 0.15) is 134 Å². The number of rotatable bonds is 3. The summed E-state index contributed by atoms with van der Waals surface area (Å²) in [5.41, 5.74) is 2.81. The molecule has 0 saturated heterocycles. The van der Waals surface area contributed by atoms with Crippen molar-refractivity contribution in [3.05, 3.63) is 11.6 Å². The standard InChI is InChI=1S/C36H58N2O4/c1-22(39)37-27-13-14-34(9)26(31(27,5)6)12-15-36(11)28(34)25(40)20-23-24-21-33(8,29(41)38-42-30(2,3)4)17-16-32(24,7)18-19-35(23,36)10/h20,24,26-28H,12-19,21H2,1-11H3,(H,37,39)(H,38,41)/t24-,26?,27-,28+,32+,33-,34-,35+,36+/m0/s1. The van der Waals surface area contributed by atoms with E-state index in [2.05, 4.69) is 65.3 Å². The summed E-state index contributed by atoms with van der Waals surface area (Å²) in [6.45, 7) is 23.9. The van der Waals surface area contributed by atoms with E-state index in [4.69, 9.17) is 4.84 Å². The number of hydroxylamine groups is 1. The zero-order valence-electron chi connectivity index (χ0n) is 28.4. The lowest BCUT2D eigenvalue weighted by atomic mass is 9.33. The Bertz CT molecular complexity index is 1200. The van der Waals surface area contributed by atoms with Gasteiger partial charge in [0, 0.05) is 24.3 Å². The molecule has 236 valence electrons. The van der Waals surface area contributed by atoms with Gasteiger partial charge in [0.1, 0.15) is 0 Å². The Hall–Kier alpha value is -1.69. The Kier molecular flexibility index (Phi) is 7.29. The molecule has 42 heavy (non-hydrogen) atoms. The van der Waals surface area contributed by atoms with Gasteiger partial charge in [0.25, 0.3) is 0 Å². The zero-order valence-corrected chi connectivity index (χ0v) is 28.4. The average molecular weight is 583 g/mol. The van der Waals surface area contributed by atoms with Crippen LogP contribution >= 0.6 is 0 Å². The molecule has 6 nitrogen and oxygen atoms in total. The number of hydrogen-bond donors (Lipinski definition) is 2. The predicted molar refractivity (Wildman–Crippen MR) is 166 cm³/mol. The molecule has 0 aromatic heterocycles. The monoisotopic (exact) mass is 582 g/mol. The summed E-state index contributed by atoms with van der Waals surface area (Å²) in [4.78, 5) is 45.9. The first-order valence-electron chi connectivity index (χ1n) is 16.6. The van der Waals surface area contributed by atoms with Crippen LogP contribution in [-0.2, 0) is 19.2 Å². The molecule has 1 unspecified atom stereocenters. The van der Waals surface area contributed by atoms with E-state index in [1.807, 2.05) is 20.8 Å². The smallest absolute Gasteiger partial charge is 0.249 e. The Labute approximate surface area is 254 Å². The van der Waals surface area contributed by atoms with E-state index < -0.39 is 11.0 Å². The molecule has 6 heteroatoms. The number of carbonyl (C=O) groups excluding carboxylic acids is 3. The topological polar surface area (TPSA) is 84.5 Å². The second-order valence-electron chi connectivity index (χ2n) is 18.0. The lowest BCUT2D eigenvalue weighted by Gasteiger charge is -2.70. The molecule has 0 aliphatic heterocycles. The molecule has 2 N–H and O–H groups in total. The molecule has 9 atom stereocenters. The van der Waals surface area contributed by atoms with Crippen LogP contribution in [0.2, 0.25) is 0 Å². The van der Waals surface area contributed by atoms with Crippen LogP contribution in [0, 0.1) is 50.2 Å². The van der Waals surface area contributed by atoms with Crippen LogP contribution in [0.3, 0.4) is 0 Å². The molecule has 2 amide bonds. The number of allylic oxidation sites excluding steroid dienone is 2. The van der Waals surface area contributed by atoms with Crippen LogP contribution in [0.5, 0.6) is 0 Å². The fourth-order valence-electron chi connectivity index (χ4n) is 11.2. The van der Waals surface area contributed by atoms with Crippen molar-refractivity contribution in [3.63, 3.8) is 0 Å². The van der Waals surface area contributed by atoms with Crippen LogP contribution in [-0.4, -0.2) is 29.2 Å². The van der Waals surface area contributed by atoms with Gasteiger partial charge in [0.05, 0.1) is 5.60 Å². The molecule has 5 aliphatic rings. The highest BCUT2D eigenvalue weighted by Gasteiger charge is 2.70. The summed E-state index contributed by atoms with van der Waals surface area (Å²) in [5.74, 6) is 0.851. The van der Waals surface area contributed by atoms with Crippen LogP contribution in [0.4, 0.5) is 0 Å². The van der Waals surface area contributed by atoms with Crippen molar-refractivity contribution in [1.29, 1.82) is 0 Å². The number of nitrogens with one attached hydrogen (secondary N) is 2. The van der Waals surface area contributed by atoms with Gasteiger partial charge >= 0.3 is 0 Å². The van der Waals surface area contributed by atoms with Crippen LogP contribution < -0.4 is 10.8 Å². The van der Waals surface area contributed by atoms with Gasteiger partial charge in [-0.15, -0.1) is 0 Å². The van der Waals surface area contributed by atoms with E-state index in [0.717, 1.165) is 57.8 Å². The second kappa shape index (κ2) is 9.65. The quantitative estimate of drug-likeness (QED) is 0.342. The molecule has 5 rings (SSSR count). The van der Waals surface area contributed by atoms with E-state index in [9.17, 15) is 14.4 Å². The van der Waals surface area contributed by atoms with Crippen molar-refractivity contribution in [2.75, 3.05) is 0 Å². The SMILES string of the molecule is CC(=O)N[C@H]1CC[C@@]2(C)C(CC[C@]3(C)[C@@H]2C(=O)C=C2[C@@H]4C[C@@](C)(C(=O)NOC(C)(C)C)CC[C@]4(C)CC[C@]23C)C1(C)C. The van der Waals surface area contributed by atoms with E-state index in [1.54, 1.807) is 6.92 Å². The van der Waals surface area contributed by atoms with Crippen molar-refractivity contribution in [2.24, 2.45) is 50.2 Å². The molecule has 0 aromatic carbocycles. The Morgan fingerprint density at radius 2 is 1.55 bits per heavy atom. The lowest BCUT2D eigenvalue weighted by molar-refractivity contribution is -0.190. The third-order valence-electron chi connectivity index (χ3n) is 14.0. The molecular formula is C36H58N2O4. The maximum absolute atomic E-state index is 14.6. The summed E-state index contributed by atoms with van der Waals surface area (Å²) in [5, 5.41) is 3.26. The summed E-state index contributed by atoms with van der Waals surface area (Å²) in [6.07, 6.45) is 10.9. The minimum atomic E-state index is -0.537. The molecular weight excluding hydrogens is 524 g/mol. The maximum Gasteiger partial charge on any atom is 0.249 e. The van der Waals surface area contributed by atoms with Gasteiger partial charge in [-0.3, -0.25) is 19.2 Å². The van der Waals surface area contributed by atoms with Crippen molar-refractivity contribution in [3.8, 4) is 0 Å². The highest BCUT2D eigenvalue weighted by atomic mass is 16.7. The fourth-order valence-corrected chi connectivity index (χ4v) is 11.2. The Morgan fingerprint density at radius 1 is 0.905 bits per heavy atom. The van der Waals surface area contributed by atoms with E-state index in [1.165, 1.54) is 5.57 Å². The number of carbonyl (C=O) groups is 3. The molecule has 5 aliphatic carbocycles. The largest absolute Gasteiger partial charge is 0.353 e. The zero-order chi connectivity index (χ0) is 31.3. The van der Waals surface area contributed by atoms with Gasteiger partial charge in [0.2, 0.25) is 11.8 Å². The third-order valence-corrected chi connectivity index (χ3v) is 14.0. The summed E-state index contributed by atoms with van der Waals surface area (Å²) in [7, 11) is 0. The molecule has 4 saturated carbocycles. The maximum atomic E-state index is 14.6. The van der Waals surface area contributed by atoms with Crippen LogP contribution in [0.25, 0.3) is 0 Å². The number of fused-ring (bicyclic) bond motifs is 7. The van der Waals surface area contributed by atoms with Gasteiger partial charge in [-0.1, -0.05) is 54.0 Å². The first-order valence-corrected chi connectivity index (χ1v) is 16.6. The summed E-state index contributed by atoms with van der Waals surface area (Å²) < 4.78 is 0. The molecule has 0 heterocycles.